The van der Waals surface area contributed by atoms with Crippen LogP contribution in [0.2, 0.25) is 0 Å². The number of piperidine rings is 1. The minimum Gasteiger partial charge on any atom is -0.348 e. The smallest absolute Gasteiger partial charge is 0.318 e. The molecule has 5 nitrogen and oxygen atoms in total. The molecule has 0 unspecified atom stereocenters. The molecule has 1 aromatic carbocycles. The maximum atomic E-state index is 12.8. The summed E-state index contributed by atoms with van der Waals surface area (Å²) < 4.78 is 0. The van der Waals surface area contributed by atoms with E-state index in [0.717, 1.165) is 24.8 Å². The van der Waals surface area contributed by atoms with Crippen molar-refractivity contribution in [3.63, 3.8) is 0 Å². The van der Waals surface area contributed by atoms with E-state index in [0.29, 0.717) is 12.5 Å². The average Bonchev–Trinajstić information content (AvgIpc) is 3.16. The van der Waals surface area contributed by atoms with Crippen molar-refractivity contribution in [1.29, 1.82) is 0 Å². The molecule has 2 aliphatic rings. The van der Waals surface area contributed by atoms with Crippen molar-refractivity contribution in [2.24, 2.45) is 5.92 Å². The fourth-order valence-electron chi connectivity index (χ4n) is 3.98. The molecule has 2 fully saturated rings. The maximum absolute atomic E-state index is 12.8. The van der Waals surface area contributed by atoms with Crippen LogP contribution in [0.15, 0.2) is 30.3 Å². The lowest BCUT2D eigenvalue weighted by atomic mass is 9.97. The summed E-state index contributed by atoms with van der Waals surface area (Å²) in [7, 11) is 0. The molecular weight excluding hydrogens is 290 g/mol. The van der Waals surface area contributed by atoms with E-state index in [1.807, 2.05) is 44.2 Å². The normalized spacial score (nSPS) is 26.9. The number of nitrogens with one attached hydrogen (secondary N) is 2. The number of nitrogens with zero attached hydrogens (tertiary/aromatic N) is 1. The molecule has 3 amide bonds. The number of hydrogen-bond donors (Lipinski definition) is 2. The van der Waals surface area contributed by atoms with Crippen LogP contribution in [0.1, 0.15) is 44.7 Å². The molecule has 2 bridgehead atoms. The molecule has 1 saturated heterocycles. The molecular formula is C18H25N3O2. The Morgan fingerprint density at radius 3 is 2.70 bits per heavy atom. The highest BCUT2D eigenvalue weighted by molar-refractivity contribution is 5.88. The number of benzene rings is 1. The molecule has 1 aliphatic carbocycles. The Hall–Kier alpha value is -2.04. The van der Waals surface area contributed by atoms with Crippen LogP contribution in [0.5, 0.6) is 0 Å². The van der Waals surface area contributed by atoms with Gasteiger partial charge in [-0.25, -0.2) is 4.79 Å². The molecule has 0 spiro atoms. The third-order valence-corrected chi connectivity index (χ3v) is 5.07. The first-order valence-electron chi connectivity index (χ1n) is 8.53. The second-order valence-corrected chi connectivity index (χ2v) is 6.56. The van der Waals surface area contributed by atoms with Crippen molar-refractivity contribution in [1.82, 2.24) is 15.5 Å². The van der Waals surface area contributed by atoms with Crippen LogP contribution < -0.4 is 10.6 Å². The predicted molar refractivity (Wildman–Crippen MR) is 88.8 cm³/mol. The van der Waals surface area contributed by atoms with Gasteiger partial charge in [-0.15, -0.1) is 0 Å². The molecule has 1 heterocycles. The summed E-state index contributed by atoms with van der Waals surface area (Å²) >= 11 is 0. The van der Waals surface area contributed by atoms with E-state index < -0.39 is 0 Å². The van der Waals surface area contributed by atoms with Crippen LogP contribution in [0.4, 0.5) is 4.79 Å². The number of carbonyl (C=O) groups is 2. The van der Waals surface area contributed by atoms with Gasteiger partial charge in [-0.2, -0.15) is 0 Å². The van der Waals surface area contributed by atoms with Crippen LogP contribution in [0.3, 0.4) is 0 Å². The van der Waals surface area contributed by atoms with Gasteiger partial charge < -0.3 is 15.5 Å². The van der Waals surface area contributed by atoms with Gasteiger partial charge in [0.15, 0.2) is 0 Å². The summed E-state index contributed by atoms with van der Waals surface area (Å²) in [6, 6.07) is 9.64. The molecule has 0 aromatic heterocycles. The van der Waals surface area contributed by atoms with E-state index >= 15 is 0 Å². The maximum Gasteiger partial charge on any atom is 0.318 e. The molecule has 5 heteroatoms. The fourth-order valence-corrected chi connectivity index (χ4v) is 3.98. The van der Waals surface area contributed by atoms with E-state index in [2.05, 4.69) is 10.6 Å². The number of urea groups is 1. The van der Waals surface area contributed by atoms with Crippen molar-refractivity contribution in [2.45, 2.75) is 51.2 Å². The monoisotopic (exact) mass is 315 g/mol. The van der Waals surface area contributed by atoms with Gasteiger partial charge in [0.2, 0.25) is 5.91 Å². The van der Waals surface area contributed by atoms with Gasteiger partial charge in [0.05, 0.1) is 6.04 Å². The molecule has 0 radical (unpaired) electrons. The van der Waals surface area contributed by atoms with Crippen LogP contribution in [-0.2, 0) is 4.79 Å². The topological polar surface area (TPSA) is 61.4 Å². The van der Waals surface area contributed by atoms with Crippen molar-refractivity contribution in [3.05, 3.63) is 35.9 Å². The first-order valence-corrected chi connectivity index (χ1v) is 8.53. The van der Waals surface area contributed by atoms with Gasteiger partial charge in [-0.3, -0.25) is 4.79 Å². The molecule has 23 heavy (non-hydrogen) atoms. The standard InChI is InChI=1S/C18H25N3O2/c1-3-19-18(23)21-15-10-9-14(11-15)16(21)17(22)20-12(2)13-7-5-4-6-8-13/h4-8,12,14-16H,3,9-11H2,1-2H3,(H,19,23)(H,20,22)/t12-,14+,15+,16-/m1/s1. The minimum atomic E-state index is -0.327. The Labute approximate surface area is 137 Å². The number of fused-ring (bicyclic) bond motifs is 2. The number of carbonyl (C=O) groups excluding carboxylic acids is 2. The largest absolute Gasteiger partial charge is 0.348 e. The molecule has 4 atom stereocenters. The van der Waals surface area contributed by atoms with Gasteiger partial charge in [-0.1, -0.05) is 30.3 Å². The van der Waals surface area contributed by atoms with Gasteiger partial charge in [0.25, 0.3) is 0 Å². The van der Waals surface area contributed by atoms with Crippen LogP contribution in [-0.4, -0.2) is 35.5 Å². The summed E-state index contributed by atoms with van der Waals surface area (Å²) in [5.74, 6) is 0.269. The molecule has 1 aliphatic heterocycles. The Morgan fingerprint density at radius 1 is 1.26 bits per heavy atom. The third-order valence-electron chi connectivity index (χ3n) is 5.07. The molecule has 1 saturated carbocycles. The van der Waals surface area contributed by atoms with Crippen LogP contribution >= 0.6 is 0 Å². The quantitative estimate of drug-likeness (QED) is 0.896. The number of rotatable bonds is 4. The van der Waals surface area contributed by atoms with E-state index in [-0.39, 0.29) is 30.1 Å². The molecule has 2 N–H and O–H groups in total. The zero-order valence-electron chi connectivity index (χ0n) is 13.8. The zero-order chi connectivity index (χ0) is 16.4. The van der Waals surface area contributed by atoms with Crippen molar-refractivity contribution in [2.75, 3.05) is 6.54 Å². The average molecular weight is 315 g/mol. The number of hydrogen-bond acceptors (Lipinski definition) is 2. The third kappa shape index (κ3) is 3.05. The fraction of sp³-hybridized carbons (Fsp3) is 0.556. The number of amides is 3. The second kappa shape index (κ2) is 6.60. The minimum absolute atomic E-state index is 0.0280. The highest BCUT2D eigenvalue weighted by Gasteiger charge is 2.51. The first-order chi connectivity index (χ1) is 11.1. The SMILES string of the molecule is CCNC(=O)N1[C@H]2CC[C@@H](C2)[C@@H]1C(=O)N[C@H](C)c1ccccc1. The van der Waals surface area contributed by atoms with Crippen molar-refractivity contribution in [3.8, 4) is 0 Å². The lowest BCUT2D eigenvalue weighted by molar-refractivity contribution is -0.127. The predicted octanol–water partition coefficient (Wildman–Crippen LogP) is 2.45. The summed E-state index contributed by atoms with van der Waals surface area (Å²) in [5, 5.41) is 5.94. The number of likely N-dealkylation sites (tertiary alicyclic amines) is 1. The second-order valence-electron chi connectivity index (χ2n) is 6.56. The van der Waals surface area contributed by atoms with E-state index in [4.69, 9.17) is 0 Å². The molecule has 1 aromatic rings. The van der Waals surface area contributed by atoms with Crippen molar-refractivity contribution < 1.29 is 9.59 Å². The highest BCUT2D eigenvalue weighted by atomic mass is 16.2. The van der Waals surface area contributed by atoms with Crippen LogP contribution in [0, 0.1) is 5.92 Å². The Morgan fingerprint density at radius 2 is 2.00 bits per heavy atom. The van der Waals surface area contributed by atoms with Gasteiger partial charge in [-0.05, 0) is 44.6 Å². The lowest BCUT2D eigenvalue weighted by Crippen LogP contribution is -2.55. The summed E-state index contributed by atoms with van der Waals surface area (Å²) in [6.07, 6.45) is 3.01. The van der Waals surface area contributed by atoms with Crippen LogP contribution in [0.25, 0.3) is 0 Å². The molecule has 3 rings (SSSR count). The Balaban J connectivity index is 1.71. The zero-order valence-corrected chi connectivity index (χ0v) is 13.8. The van der Waals surface area contributed by atoms with Gasteiger partial charge in [0, 0.05) is 12.6 Å². The summed E-state index contributed by atoms with van der Waals surface area (Å²) in [6.45, 7) is 4.47. The highest BCUT2D eigenvalue weighted by Crippen LogP contribution is 2.42. The van der Waals surface area contributed by atoms with E-state index in [1.165, 1.54) is 0 Å². The summed E-state index contributed by atoms with van der Waals surface area (Å²) in [4.78, 5) is 26.9. The van der Waals surface area contributed by atoms with E-state index in [9.17, 15) is 9.59 Å². The summed E-state index contributed by atoms with van der Waals surface area (Å²) in [5.41, 5.74) is 1.08. The molecule has 124 valence electrons. The van der Waals surface area contributed by atoms with Gasteiger partial charge >= 0.3 is 6.03 Å². The van der Waals surface area contributed by atoms with E-state index in [1.54, 1.807) is 4.90 Å². The Kier molecular flexibility index (Phi) is 4.55. The first kappa shape index (κ1) is 15.8. The van der Waals surface area contributed by atoms with Gasteiger partial charge in [0.1, 0.15) is 6.04 Å². The lowest BCUT2D eigenvalue weighted by Gasteiger charge is -2.35. The van der Waals surface area contributed by atoms with Crippen molar-refractivity contribution >= 4 is 11.9 Å². The Bertz CT molecular complexity index is 575.